The summed E-state index contributed by atoms with van der Waals surface area (Å²) >= 11 is 0. The lowest BCUT2D eigenvalue weighted by Crippen LogP contribution is -2.00. The summed E-state index contributed by atoms with van der Waals surface area (Å²) in [7, 11) is 0. The number of nitrogens with zero attached hydrogens (tertiary/aromatic N) is 3. The van der Waals surface area contributed by atoms with Crippen molar-refractivity contribution < 1.29 is 0 Å². The molecule has 11 rings (SSSR count). The fourth-order valence-corrected chi connectivity index (χ4v) is 8.27. The maximum Gasteiger partial charge on any atom is 0.164 e. The molecular formula is C57H37N3. The van der Waals surface area contributed by atoms with Crippen LogP contribution in [0.5, 0.6) is 0 Å². The first-order chi connectivity index (χ1) is 29.7. The van der Waals surface area contributed by atoms with Gasteiger partial charge in [0.15, 0.2) is 17.5 Å². The van der Waals surface area contributed by atoms with Gasteiger partial charge in [-0.25, -0.2) is 15.0 Å². The minimum atomic E-state index is 0.631. The molecule has 0 radical (unpaired) electrons. The number of aromatic nitrogens is 3. The molecule has 0 bridgehead atoms. The zero-order valence-corrected chi connectivity index (χ0v) is 32.7. The molecule has 1 aromatic heterocycles. The van der Waals surface area contributed by atoms with Crippen LogP contribution in [0.25, 0.3) is 111 Å². The Balaban J connectivity index is 0.947. The molecule has 0 saturated heterocycles. The highest BCUT2D eigenvalue weighted by Gasteiger charge is 2.14. The minimum absolute atomic E-state index is 0.631. The molecular weight excluding hydrogens is 727 g/mol. The smallest absolute Gasteiger partial charge is 0.164 e. The van der Waals surface area contributed by atoms with E-state index in [0.29, 0.717) is 17.5 Å². The van der Waals surface area contributed by atoms with Gasteiger partial charge in [-0.15, -0.1) is 0 Å². The highest BCUT2D eigenvalue weighted by molar-refractivity contribution is 5.97. The lowest BCUT2D eigenvalue weighted by molar-refractivity contribution is 1.07. The van der Waals surface area contributed by atoms with Crippen LogP contribution in [0.1, 0.15) is 0 Å². The monoisotopic (exact) mass is 763 g/mol. The highest BCUT2D eigenvalue weighted by atomic mass is 15.0. The first-order valence-electron chi connectivity index (χ1n) is 20.3. The Morgan fingerprint density at radius 1 is 0.200 bits per heavy atom. The molecule has 3 heteroatoms. The van der Waals surface area contributed by atoms with Gasteiger partial charge in [0.05, 0.1) is 0 Å². The Hall–Kier alpha value is -8.01. The Bertz CT molecular complexity index is 3330. The van der Waals surface area contributed by atoms with Crippen molar-refractivity contribution in [2.24, 2.45) is 0 Å². The highest BCUT2D eigenvalue weighted by Crippen LogP contribution is 2.34. The van der Waals surface area contributed by atoms with Gasteiger partial charge in [0.2, 0.25) is 0 Å². The SMILES string of the molecule is c1ccc(-c2ccc3cc(-c4nc(-c5ccc(-c6ccc(-c7cccc8ccccc78)cc6)cc5)nc(-c5ccc(-c6ccc7ccccc7c6)cc5)n4)ccc3c2)cc1. The van der Waals surface area contributed by atoms with Gasteiger partial charge in [-0.1, -0.05) is 206 Å². The summed E-state index contributed by atoms with van der Waals surface area (Å²) in [6.07, 6.45) is 0. The second kappa shape index (κ2) is 15.1. The van der Waals surface area contributed by atoms with Crippen molar-refractivity contribution in [2.45, 2.75) is 0 Å². The molecule has 0 unspecified atom stereocenters. The van der Waals surface area contributed by atoms with Crippen LogP contribution in [0.4, 0.5) is 0 Å². The van der Waals surface area contributed by atoms with E-state index in [9.17, 15) is 0 Å². The van der Waals surface area contributed by atoms with Gasteiger partial charge in [-0.05, 0) is 95.0 Å². The first kappa shape index (κ1) is 35.2. The van der Waals surface area contributed by atoms with Crippen molar-refractivity contribution in [3.05, 3.63) is 224 Å². The largest absolute Gasteiger partial charge is 0.208 e. The minimum Gasteiger partial charge on any atom is -0.208 e. The van der Waals surface area contributed by atoms with Crippen LogP contribution >= 0.6 is 0 Å². The van der Waals surface area contributed by atoms with Crippen molar-refractivity contribution in [3.8, 4) is 78.7 Å². The van der Waals surface area contributed by atoms with Crippen molar-refractivity contribution in [3.63, 3.8) is 0 Å². The number of rotatable bonds is 7. The van der Waals surface area contributed by atoms with Crippen molar-refractivity contribution in [1.82, 2.24) is 15.0 Å². The van der Waals surface area contributed by atoms with Crippen LogP contribution < -0.4 is 0 Å². The first-order valence-corrected chi connectivity index (χ1v) is 20.3. The Morgan fingerprint density at radius 3 is 1.18 bits per heavy atom. The second-order valence-corrected chi connectivity index (χ2v) is 15.3. The summed E-state index contributed by atoms with van der Waals surface area (Å²) < 4.78 is 0. The standard InChI is InChI=1S/C57H37N3/c1-2-9-38(10-3-1)48-31-32-51-37-52(34-33-50(51)36-48)57-59-55(58-56(60-57)46-28-21-42(22-29-46)49-30-23-39-11-4-5-13-47(39)35-49)45-26-19-41(20-27-45)40-17-24-44(25-18-40)54-16-8-14-43-12-6-7-15-53(43)54/h1-37H. The van der Waals surface area contributed by atoms with Crippen LogP contribution in [0.3, 0.4) is 0 Å². The molecule has 1 heterocycles. The van der Waals surface area contributed by atoms with Gasteiger partial charge in [0.1, 0.15) is 0 Å². The molecule has 0 spiro atoms. The predicted molar refractivity (Wildman–Crippen MR) is 250 cm³/mol. The van der Waals surface area contributed by atoms with Crippen molar-refractivity contribution in [2.75, 3.05) is 0 Å². The maximum absolute atomic E-state index is 5.12. The van der Waals surface area contributed by atoms with Crippen LogP contribution in [0.15, 0.2) is 224 Å². The van der Waals surface area contributed by atoms with Gasteiger partial charge in [0, 0.05) is 16.7 Å². The predicted octanol–water partition coefficient (Wildman–Crippen LogP) is 15.0. The van der Waals surface area contributed by atoms with E-state index in [4.69, 9.17) is 15.0 Å². The normalized spacial score (nSPS) is 11.3. The fourth-order valence-electron chi connectivity index (χ4n) is 8.27. The number of hydrogen-bond donors (Lipinski definition) is 0. The lowest BCUT2D eigenvalue weighted by atomic mass is 9.96. The molecule has 0 atom stereocenters. The summed E-state index contributed by atoms with van der Waals surface area (Å²) in [6.45, 7) is 0. The molecule has 60 heavy (non-hydrogen) atoms. The van der Waals surface area contributed by atoms with E-state index in [2.05, 4.69) is 218 Å². The number of fused-ring (bicyclic) bond motifs is 3. The molecule has 0 fully saturated rings. The average molecular weight is 764 g/mol. The summed E-state index contributed by atoms with van der Waals surface area (Å²) in [6, 6.07) is 79.6. The van der Waals surface area contributed by atoms with Gasteiger partial charge in [-0.3, -0.25) is 0 Å². The molecule has 0 aliphatic heterocycles. The van der Waals surface area contributed by atoms with Gasteiger partial charge >= 0.3 is 0 Å². The summed E-state index contributed by atoms with van der Waals surface area (Å²) in [5.74, 6) is 1.90. The Kier molecular flexibility index (Phi) is 8.83. The second-order valence-electron chi connectivity index (χ2n) is 15.3. The molecule has 3 nitrogen and oxygen atoms in total. The van der Waals surface area contributed by atoms with Gasteiger partial charge < -0.3 is 0 Å². The van der Waals surface area contributed by atoms with E-state index in [1.165, 1.54) is 54.7 Å². The van der Waals surface area contributed by atoms with Crippen LogP contribution in [0, 0.1) is 0 Å². The van der Waals surface area contributed by atoms with Gasteiger partial charge in [0.25, 0.3) is 0 Å². The molecule has 0 aliphatic carbocycles. The van der Waals surface area contributed by atoms with Crippen LogP contribution in [0.2, 0.25) is 0 Å². The number of hydrogen-bond acceptors (Lipinski definition) is 3. The van der Waals surface area contributed by atoms with Crippen molar-refractivity contribution in [1.29, 1.82) is 0 Å². The van der Waals surface area contributed by atoms with E-state index in [1.54, 1.807) is 0 Å². The molecule has 0 saturated carbocycles. The molecule has 10 aromatic carbocycles. The molecule has 0 N–H and O–H groups in total. The lowest BCUT2D eigenvalue weighted by Gasteiger charge is -2.11. The summed E-state index contributed by atoms with van der Waals surface area (Å²) in [4.78, 5) is 15.3. The van der Waals surface area contributed by atoms with Crippen molar-refractivity contribution >= 4 is 32.3 Å². The van der Waals surface area contributed by atoms with Crippen LogP contribution in [-0.4, -0.2) is 15.0 Å². The molecule has 0 aliphatic rings. The quantitative estimate of drug-likeness (QED) is 0.162. The summed E-state index contributed by atoms with van der Waals surface area (Å²) in [5.41, 5.74) is 12.2. The zero-order valence-electron chi connectivity index (χ0n) is 32.7. The van der Waals surface area contributed by atoms with E-state index in [1.807, 2.05) is 6.07 Å². The van der Waals surface area contributed by atoms with E-state index in [0.717, 1.165) is 38.8 Å². The third kappa shape index (κ3) is 6.78. The molecule has 280 valence electrons. The molecule has 11 aromatic rings. The van der Waals surface area contributed by atoms with E-state index >= 15 is 0 Å². The topological polar surface area (TPSA) is 38.7 Å². The Labute approximate surface area is 349 Å². The van der Waals surface area contributed by atoms with Gasteiger partial charge in [-0.2, -0.15) is 0 Å². The third-order valence-corrected chi connectivity index (χ3v) is 11.5. The Morgan fingerprint density at radius 2 is 0.567 bits per heavy atom. The average Bonchev–Trinajstić information content (AvgIpc) is 3.33. The number of benzene rings is 10. The van der Waals surface area contributed by atoms with E-state index < -0.39 is 0 Å². The van der Waals surface area contributed by atoms with Crippen LogP contribution in [-0.2, 0) is 0 Å². The molecule has 0 amide bonds. The third-order valence-electron chi connectivity index (χ3n) is 11.5. The maximum atomic E-state index is 5.12. The van der Waals surface area contributed by atoms with E-state index in [-0.39, 0.29) is 0 Å². The summed E-state index contributed by atoms with van der Waals surface area (Å²) in [5, 5.41) is 7.26. The fraction of sp³-hybridized carbons (Fsp3) is 0. The zero-order chi connectivity index (χ0) is 39.8.